The summed E-state index contributed by atoms with van der Waals surface area (Å²) in [6.45, 7) is 0. The molecule has 2 nitrogen and oxygen atoms in total. The summed E-state index contributed by atoms with van der Waals surface area (Å²) in [4.78, 5) is 0. The molecular weight excluding hydrogens is 317 g/mol. The maximum atomic E-state index is 12.2. The molecule has 0 unspecified atom stereocenters. The van der Waals surface area contributed by atoms with Crippen LogP contribution in [0.5, 0.6) is 0 Å². The van der Waals surface area contributed by atoms with E-state index in [2.05, 4.69) is 0 Å². The Labute approximate surface area is 153 Å². The fourth-order valence-corrected chi connectivity index (χ4v) is 1.34. The maximum Gasteiger partial charge on any atom is 1.00 e. The summed E-state index contributed by atoms with van der Waals surface area (Å²) in [7, 11) is 0. The Kier molecular flexibility index (Phi) is 7.25. The van der Waals surface area contributed by atoms with E-state index < -0.39 is 17.5 Å². The van der Waals surface area contributed by atoms with Crippen molar-refractivity contribution in [3.05, 3.63) is 39.6 Å². The number of hydrogen-bond donors (Lipinski definition) is 0. The molecule has 0 spiro atoms. The Morgan fingerprint density at radius 1 is 1.22 bits per heavy atom. The van der Waals surface area contributed by atoms with E-state index in [1.807, 2.05) is 0 Å². The molecule has 0 saturated carbocycles. The van der Waals surface area contributed by atoms with Crippen molar-refractivity contribution in [2.45, 2.75) is 6.18 Å². The summed E-state index contributed by atoms with van der Waals surface area (Å²) < 4.78 is 36.5. The average molecular weight is 320 g/mol. The van der Waals surface area contributed by atoms with E-state index in [9.17, 15) is 18.3 Å². The van der Waals surface area contributed by atoms with Gasteiger partial charge in [0.15, 0.2) is 0 Å². The van der Waals surface area contributed by atoms with E-state index in [1.165, 1.54) is 12.1 Å². The third kappa shape index (κ3) is 4.42. The summed E-state index contributed by atoms with van der Waals surface area (Å²) >= 11 is 11.2. The molecule has 0 aliphatic rings. The molecule has 8 heteroatoms. The minimum absolute atomic E-state index is 0. The first kappa shape index (κ1) is 18.3. The molecule has 1 rings (SSSR count). The summed E-state index contributed by atoms with van der Waals surface area (Å²) in [5.41, 5.74) is -1.24. The van der Waals surface area contributed by atoms with E-state index in [-0.39, 0.29) is 67.0 Å². The van der Waals surface area contributed by atoms with Crippen LogP contribution in [-0.2, 0) is 0 Å². The summed E-state index contributed by atoms with van der Waals surface area (Å²) in [6, 6.07) is 4.58. The molecule has 1 aromatic carbocycles. The Morgan fingerprint density at radius 2 is 1.78 bits per heavy atom. The van der Waals surface area contributed by atoms with Crippen molar-refractivity contribution in [2.75, 3.05) is 0 Å². The number of alkyl halides is 3. The molecule has 0 saturated heterocycles. The van der Waals surface area contributed by atoms with Gasteiger partial charge >= 0.3 is 57.6 Å². The van der Waals surface area contributed by atoms with Gasteiger partial charge in [-0.25, -0.2) is 0 Å². The molecule has 18 heavy (non-hydrogen) atoms. The fourth-order valence-electron chi connectivity index (χ4n) is 1.04. The quantitative estimate of drug-likeness (QED) is 0.420. The molecule has 90 valence electrons. The van der Waals surface area contributed by atoms with Crippen molar-refractivity contribution >= 4 is 28.8 Å². The minimum atomic E-state index is -5.10. The van der Waals surface area contributed by atoms with Crippen LogP contribution in [0.15, 0.2) is 24.0 Å². The number of rotatable bonds is 1. The van der Waals surface area contributed by atoms with Gasteiger partial charge < -0.3 is 5.11 Å². The van der Waals surface area contributed by atoms with Crippen LogP contribution in [-0.4, -0.2) is 6.18 Å². The van der Waals surface area contributed by atoms with Crippen LogP contribution in [0.4, 0.5) is 13.2 Å². The van der Waals surface area contributed by atoms with Crippen LogP contribution in [0.25, 0.3) is 5.57 Å². The minimum Gasteiger partial charge on any atom is -0.869 e. The molecule has 0 fully saturated rings. The molecule has 1 aromatic rings. The van der Waals surface area contributed by atoms with Crippen molar-refractivity contribution < 1.29 is 69.7 Å². The summed E-state index contributed by atoms with van der Waals surface area (Å²) in [5.74, 6) is -2.21. The van der Waals surface area contributed by atoms with Crippen LogP contribution in [0.3, 0.4) is 0 Å². The second kappa shape index (κ2) is 7.15. The summed E-state index contributed by atoms with van der Waals surface area (Å²) in [5, 5.41) is 19.6. The van der Waals surface area contributed by atoms with Crippen LogP contribution in [0.2, 0.25) is 10.0 Å². The third-order valence-electron chi connectivity index (χ3n) is 1.80. The van der Waals surface area contributed by atoms with Gasteiger partial charge in [0, 0.05) is 0 Å². The zero-order chi connectivity index (χ0) is 13.2. The van der Waals surface area contributed by atoms with Crippen LogP contribution >= 0.6 is 23.2 Å². The van der Waals surface area contributed by atoms with Gasteiger partial charge in [0.1, 0.15) is 0 Å². The van der Waals surface area contributed by atoms with Crippen molar-refractivity contribution in [3.63, 3.8) is 0 Å². The first-order valence-electron chi connectivity index (χ1n) is 4.11. The number of nitriles is 1. The van der Waals surface area contributed by atoms with Crippen molar-refractivity contribution in [3.8, 4) is 6.07 Å². The van der Waals surface area contributed by atoms with E-state index in [1.54, 1.807) is 0 Å². The van der Waals surface area contributed by atoms with E-state index >= 15 is 0 Å². The van der Waals surface area contributed by atoms with Crippen LogP contribution in [0, 0.1) is 11.3 Å². The molecular formula is C10H3Cl2F3KNO. The average Bonchev–Trinajstić information content (AvgIpc) is 2.23. The van der Waals surface area contributed by atoms with Crippen LogP contribution in [0.1, 0.15) is 5.56 Å². The van der Waals surface area contributed by atoms with E-state index in [0.29, 0.717) is 0 Å². The summed E-state index contributed by atoms with van der Waals surface area (Å²) in [6.07, 6.45) is -5.10. The zero-order valence-corrected chi connectivity index (χ0v) is 13.6. The van der Waals surface area contributed by atoms with Gasteiger partial charge in [-0.2, -0.15) is 18.4 Å². The van der Waals surface area contributed by atoms with Gasteiger partial charge in [-0.3, -0.25) is 0 Å². The van der Waals surface area contributed by atoms with Crippen molar-refractivity contribution in [1.82, 2.24) is 0 Å². The smallest absolute Gasteiger partial charge is 0.869 e. The third-order valence-corrected chi connectivity index (χ3v) is 2.54. The number of allylic oxidation sites excluding steroid dienone is 2. The SMILES string of the molecule is N#C/C(=C(/[O-])C(F)(F)F)c1ccc(Cl)c(Cl)c1.[K+]. The topological polar surface area (TPSA) is 46.8 Å². The van der Waals surface area contributed by atoms with Gasteiger partial charge in [-0.15, -0.1) is 0 Å². The van der Waals surface area contributed by atoms with Crippen molar-refractivity contribution in [2.24, 2.45) is 0 Å². The Morgan fingerprint density at radius 3 is 2.17 bits per heavy atom. The molecule has 0 amide bonds. The number of nitrogens with zero attached hydrogens (tertiary/aromatic N) is 1. The maximum absolute atomic E-state index is 12.2. The molecule has 0 aromatic heterocycles. The van der Waals surface area contributed by atoms with Gasteiger partial charge in [0.05, 0.1) is 21.7 Å². The number of halogens is 5. The fraction of sp³-hybridized carbons (Fsp3) is 0.100. The first-order chi connectivity index (χ1) is 7.77. The van der Waals surface area contributed by atoms with Gasteiger partial charge in [0.25, 0.3) is 0 Å². The predicted molar refractivity (Wildman–Crippen MR) is 55.1 cm³/mol. The predicted octanol–water partition coefficient (Wildman–Crippen LogP) is 0.155. The zero-order valence-electron chi connectivity index (χ0n) is 8.98. The molecule has 0 radical (unpaired) electrons. The number of benzene rings is 1. The largest absolute Gasteiger partial charge is 1.00 e. The molecule has 0 N–H and O–H groups in total. The molecule has 0 aliphatic carbocycles. The van der Waals surface area contributed by atoms with E-state index in [0.717, 1.165) is 12.1 Å². The molecule has 0 atom stereocenters. The van der Waals surface area contributed by atoms with Gasteiger partial charge in [-0.05, 0) is 23.5 Å². The second-order valence-corrected chi connectivity index (χ2v) is 3.76. The second-order valence-electron chi connectivity index (χ2n) is 2.94. The monoisotopic (exact) mass is 319 g/mol. The van der Waals surface area contributed by atoms with Gasteiger partial charge in [0.2, 0.25) is 0 Å². The first-order valence-corrected chi connectivity index (χ1v) is 4.87. The standard InChI is InChI=1S/C10H4Cl2F3NO.K/c11-7-2-1-5(3-8(7)12)6(4-16)9(17)10(13,14)15;/h1-3,17H;/q;+1/p-1/b9-6-;. The van der Waals surface area contributed by atoms with Crippen LogP contribution < -0.4 is 56.5 Å². The Balaban J connectivity index is 0.00000289. The Bertz CT molecular complexity index is 523. The molecule has 0 heterocycles. The number of hydrogen-bond acceptors (Lipinski definition) is 2. The van der Waals surface area contributed by atoms with Gasteiger partial charge in [-0.1, -0.05) is 29.3 Å². The van der Waals surface area contributed by atoms with Crippen molar-refractivity contribution in [1.29, 1.82) is 5.26 Å². The Hall–Kier alpha value is 0.256. The normalized spacial score (nSPS) is 12.2. The van der Waals surface area contributed by atoms with E-state index in [4.69, 9.17) is 28.5 Å². The molecule has 0 bridgehead atoms. The molecule has 0 aliphatic heterocycles.